The van der Waals surface area contributed by atoms with Crippen LogP contribution in [0.25, 0.3) is 0 Å². The molecule has 3 nitrogen and oxygen atoms in total. The number of ether oxygens (including phenoxy) is 1. The highest BCUT2D eigenvalue weighted by Gasteiger charge is 2.20. The zero-order valence-electron chi connectivity index (χ0n) is 9.28. The van der Waals surface area contributed by atoms with Gasteiger partial charge in [-0.05, 0) is 34.5 Å². The molecule has 0 amide bonds. The Kier molecular flexibility index (Phi) is 4.38. The number of morpholine rings is 1. The van der Waals surface area contributed by atoms with Crippen LogP contribution in [0.15, 0.2) is 9.85 Å². The fourth-order valence-electron chi connectivity index (χ4n) is 1.86. The zero-order chi connectivity index (χ0) is 11.5. The smallest absolute Gasteiger partial charge is 0.0933 e. The van der Waals surface area contributed by atoms with Gasteiger partial charge in [-0.3, -0.25) is 4.90 Å². The number of nitrogens with zero attached hydrogens (tertiary/aromatic N) is 1. The predicted molar refractivity (Wildman–Crippen MR) is 68.9 cm³/mol. The van der Waals surface area contributed by atoms with Gasteiger partial charge < -0.3 is 9.84 Å². The molecule has 0 spiro atoms. The van der Waals surface area contributed by atoms with E-state index in [0.717, 1.165) is 26.2 Å². The maximum atomic E-state index is 9.07. The monoisotopic (exact) mass is 305 g/mol. The van der Waals surface area contributed by atoms with Gasteiger partial charge in [-0.2, -0.15) is 0 Å². The topological polar surface area (TPSA) is 32.7 Å². The van der Waals surface area contributed by atoms with Crippen molar-refractivity contribution in [1.29, 1.82) is 0 Å². The fraction of sp³-hybridized carbons (Fsp3) is 0.636. The molecule has 0 aliphatic carbocycles. The Morgan fingerprint density at radius 3 is 3.12 bits per heavy atom. The number of halogens is 1. The van der Waals surface area contributed by atoms with Gasteiger partial charge >= 0.3 is 0 Å². The van der Waals surface area contributed by atoms with Gasteiger partial charge in [-0.1, -0.05) is 0 Å². The lowest BCUT2D eigenvalue weighted by Gasteiger charge is -2.31. The average molecular weight is 306 g/mol. The molecule has 1 fully saturated rings. The molecule has 1 aromatic heterocycles. The van der Waals surface area contributed by atoms with E-state index in [-0.39, 0.29) is 12.7 Å². The van der Waals surface area contributed by atoms with Crippen molar-refractivity contribution < 1.29 is 9.84 Å². The van der Waals surface area contributed by atoms with Gasteiger partial charge in [0.25, 0.3) is 0 Å². The zero-order valence-corrected chi connectivity index (χ0v) is 11.7. The number of thiophene rings is 1. The first-order valence-electron chi connectivity index (χ1n) is 5.38. The van der Waals surface area contributed by atoms with Crippen molar-refractivity contribution in [2.45, 2.75) is 19.6 Å². The van der Waals surface area contributed by atoms with Crippen molar-refractivity contribution in [2.75, 3.05) is 26.3 Å². The highest BCUT2D eigenvalue weighted by atomic mass is 79.9. The molecule has 1 atom stereocenters. The van der Waals surface area contributed by atoms with E-state index in [4.69, 9.17) is 9.84 Å². The Morgan fingerprint density at radius 2 is 2.50 bits per heavy atom. The van der Waals surface area contributed by atoms with Crippen LogP contribution in [-0.2, 0) is 11.3 Å². The Morgan fingerprint density at radius 1 is 1.69 bits per heavy atom. The van der Waals surface area contributed by atoms with Crippen molar-refractivity contribution in [3.63, 3.8) is 0 Å². The van der Waals surface area contributed by atoms with E-state index in [2.05, 4.69) is 33.8 Å². The summed E-state index contributed by atoms with van der Waals surface area (Å²) in [6.07, 6.45) is -0.0155. The molecule has 1 aromatic rings. The van der Waals surface area contributed by atoms with Gasteiger partial charge in [0.2, 0.25) is 0 Å². The number of hydrogen-bond donors (Lipinski definition) is 1. The summed E-state index contributed by atoms with van der Waals surface area (Å²) in [5, 5.41) is 9.07. The molecule has 0 saturated carbocycles. The second kappa shape index (κ2) is 5.60. The van der Waals surface area contributed by atoms with Gasteiger partial charge in [0, 0.05) is 24.5 Å². The van der Waals surface area contributed by atoms with Crippen molar-refractivity contribution >= 4 is 27.3 Å². The lowest BCUT2D eigenvalue weighted by atomic mass is 10.2. The number of aliphatic hydroxyl groups is 1. The molecule has 1 N–H and O–H groups in total. The summed E-state index contributed by atoms with van der Waals surface area (Å²) in [6, 6.07) is 2.22. The Labute approximate surface area is 108 Å². The maximum Gasteiger partial charge on any atom is 0.0933 e. The summed E-state index contributed by atoms with van der Waals surface area (Å²) in [7, 11) is 0. The second-order valence-electron chi connectivity index (χ2n) is 4.08. The second-order valence-corrected chi connectivity index (χ2v) is 6.53. The van der Waals surface area contributed by atoms with Crippen LogP contribution in [0.4, 0.5) is 0 Å². The van der Waals surface area contributed by atoms with Gasteiger partial charge in [0.05, 0.1) is 23.1 Å². The van der Waals surface area contributed by atoms with Gasteiger partial charge in [-0.15, -0.1) is 11.3 Å². The molecule has 2 rings (SSSR count). The summed E-state index contributed by atoms with van der Waals surface area (Å²) in [4.78, 5) is 3.70. The molecule has 0 aromatic carbocycles. The van der Waals surface area contributed by atoms with Crippen molar-refractivity contribution in [3.05, 3.63) is 20.3 Å². The third-order valence-electron chi connectivity index (χ3n) is 2.71. The van der Waals surface area contributed by atoms with E-state index in [9.17, 15) is 0 Å². The van der Waals surface area contributed by atoms with Crippen LogP contribution in [0, 0.1) is 6.92 Å². The molecular weight excluding hydrogens is 290 g/mol. The maximum absolute atomic E-state index is 9.07. The van der Waals surface area contributed by atoms with Crippen LogP contribution < -0.4 is 0 Å². The minimum absolute atomic E-state index is 0.0155. The van der Waals surface area contributed by atoms with Crippen LogP contribution in [0.1, 0.15) is 10.4 Å². The van der Waals surface area contributed by atoms with Crippen LogP contribution in [0.2, 0.25) is 0 Å². The molecular formula is C11H16BrNO2S. The minimum Gasteiger partial charge on any atom is -0.394 e. The van der Waals surface area contributed by atoms with E-state index in [0.29, 0.717) is 0 Å². The molecule has 1 aliphatic rings. The SMILES string of the molecule is Cc1cc(CN2CCOC(CO)C2)sc1Br. The number of hydrogen-bond acceptors (Lipinski definition) is 4. The van der Waals surface area contributed by atoms with Crippen LogP contribution in [0.5, 0.6) is 0 Å². The highest BCUT2D eigenvalue weighted by molar-refractivity contribution is 9.11. The van der Waals surface area contributed by atoms with E-state index < -0.39 is 0 Å². The standard InChI is InChI=1S/C11H16BrNO2S/c1-8-4-10(16-11(8)12)6-13-2-3-15-9(5-13)7-14/h4,9,14H,2-3,5-7H2,1H3. The van der Waals surface area contributed by atoms with Crippen molar-refractivity contribution in [1.82, 2.24) is 4.90 Å². The molecule has 5 heteroatoms. The molecule has 1 saturated heterocycles. The number of rotatable bonds is 3. The summed E-state index contributed by atoms with van der Waals surface area (Å²) < 4.78 is 6.64. The number of aliphatic hydroxyl groups excluding tert-OH is 1. The Bertz CT molecular complexity index is 336. The van der Waals surface area contributed by atoms with E-state index in [1.807, 2.05) is 0 Å². The summed E-state index contributed by atoms with van der Waals surface area (Å²) in [6.45, 7) is 5.67. The van der Waals surface area contributed by atoms with Crippen LogP contribution in [0.3, 0.4) is 0 Å². The van der Waals surface area contributed by atoms with Crippen molar-refractivity contribution in [3.8, 4) is 0 Å². The molecule has 0 bridgehead atoms. The summed E-state index contributed by atoms with van der Waals surface area (Å²) >= 11 is 5.33. The Hall–Kier alpha value is 0.0600. The first-order chi connectivity index (χ1) is 7.69. The quantitative estimate of drug-likeness (QED) is 0.927. The third-order valence-corrected chi connectivity index (χ3v) is 4.84. The van der Waals surface area contributed by atoms with Crippen LogP contribution >= 0.6 is 27.3 Å². The number of aryl methyl sites for hydroxylation is 1. The summed E-state index contributed by atoms with van der Waals surface area (Å²) in [5.41, 5.74) is 1.30. The molecule has 1 aliphatic heterocycles. The molecule has 90 valence electrons. The summed E-state index contributed by atoms with van der Waals surface area (Å²) in [5.74, 6) is 0. The molecule has 16 heavy (non-hydrogen) atoms. The predicted octanol–water partition coefficient (Wildman–Crippen LogP) is 2.01. The first kappa shape index (κ1) is 12.5. The van der Waals surface area contributed by atoms with Crippen molar-refractivity contribution in [2.24, 2.45) is 0 Å². The van der Waals surface area contributed by atoms with E-state index in [1.54, 1.807) is 11.3 Å². The van der Waals surface area contributed by atoms with Crippen LogP contribution in [-0.4, -0.2) is 42.4 Å². The van der Waals surface area contributed by atoms with Gasteiger partial charge in [0.1, 0.15) is 0 Å². The first-order valence-corrected chi connectivity index (χ1v) is 6.99. The highest BCUT2D eigenvalue weighted by Crippen LogP contribution is 2.28. The van der Waals surface area contributed by atoms with E-state index >= 15 is 0 Å². The van der Waals surface area contributed by atoms with E-state index in [1.165, 1.54) is 14.2 Å². The molecule has 0 radical (unpaired) electrons. The molecule has 1 unspecified atom stereocenters. The average Bonchev–Trinajstić information content (AvgIpc) is 2.58. The fourth-order valence-corrected chi connectivity index (χ4v) is 3.53. The molecule has 2 heterocycles. The lowest BCUT2D eigenvalue weighted by Crippen LogP contribution is -2.43. The third kappa shape index (κ3) is 3.05. The van der Waals surface area contributed by atoms with Gasteiger partial charge in [0.15, 0.2) is 0 Å². The Balaban J connectivity index is 1.93. The largest absolute Gasteiger partial charge is 0.394 e. The minimum atomic E-state index is -0.0155. The normalized spacial score (nSPS) is 22.6. The van der Waals surface area contributed by atoms with Gasteiger partial charge in [-0.25, -0.2) is 0 Å². The lowest BCUT2D eigenvalue weighted by molar-refractivity contribution is -0.0548.